The number of nitrogens with one attached hydrogen (secondary N) is 3. The van der Waals surface area contributed by atoms with Crippen LogP contribution in [0.4, 0.5) is 0 Å². The van der Waals surface area contributed by atoms with Crippen LogP contribution >= 0.6 is 0 Å². The van der Waals surface area contributed by atoms with Crippen LogP contribution in [0.15, 0.2) is 50.8 Å². The van der Waals surface area contributed by atoms with Gasteiger partial charge in [0.2, 0.25) is 0 Å². The van der Waals surface area contributed by atoms with Crippen molar-refractivity contribution in [2.45, 2.75) is 81.9 Å². The zero-order valence-electron chi connectivity index (χ0n) is 26.2. The minimum absolute atomic E-state index is 0.0174. The molecule has 0 bridgehead atoms. The summed E-state index contributed by atoms with van der Waals surface area (Å²) in [7, 11) is 0. The molecule has 0 amide bonds. The number of fused-ring (bicyclic) bond motifs is 3. The number of aryl methyl sites for hydroxylation is 9. The van der Waals surface area contributed by atoms with E-state index in [2.05, 4.69) is 53.9 Å². The predicted octanol–water partition coefficient (Wildman–Crippen LogP) is 5.90. The van der Waals surface area contributed by atoms with E-state index in [1.807, 2.05) is 68.9 Å². The number of benzene rings is 3. The fourth-order valence-electron chi connectivity index (χ4n) is 5.42. The van der Waals surface area contributed by atoms with Crippen molar-refractivity contribution in [3.8, 4) is 0 Å². The van der Waals surface area contributed by atoms with Crippen molar-refractivity contribution in [1.29, 1.82) is 0 Å². The lowest BCUT2D eigenvalue weighted by Crippen LogP contribution is -2.23. The van der Waals surface area contributed by atoms with Crippen molar-refractivity contribution in [2.75, 3.05) is 0 Å². The highest BCUT2D eigenvalue weighted by molar-refractivity contribution is 5.81. The number of rotatable bonds is 3. The van der Waals surface area contributed by atoms with Gasteiger partial charge in [-0.1, -0.05) is 18.2 Å². The summed E-state index contributed by atoms with van der Waals surface area (Å²) in [6, 6.07) is 12.1. The van der Waals surface area contributed by atoms with Gasteiger partial charge in [-0.2, -0.15) is 0 Å². The molecule has 9 nitrogen and oxygen atoms in total. The maximum absolute atomic E-state index is 12.1. The van der Waals surface area contributed by atoms with Gasteiger partial charge in [0, 0.05) is 19.6 Å². The molecule has 6 rings (SSSR count). The van der Waals surface area contributed by atoms with Crippen LogP contribution in [0, 0.1) is 41.5 Å². The Morgan fingerprint density at radius 1 is 0.548 bits per heavy atom. The first-order valence-electron chi connectivity index (χ1n) is 14.5. The summed E-state index contributed by atoms with van der Waals surface area (Å²) in [4.78, 5) is 43.0. The molecule has 3 heterocycles. The zero-order chi connectivity index (χ0) is 30.9. The van der Waals surface area contributed by atoms with E-state index in [0.29, 0.717) is 6.54 Å². The molecule has 6 aromatic rings. The van der Waals surface area contributed by atoms with Crippen LogP contribution in [-0.4, -0.2) is 28.7 Å². The Hall–Kier alpha value is -4.53. The lowest BCUT2D eigenvalue weighted by Gasteiger charge is -2.05. The van der Waals surface area contributed by atoms with Crippen LogP contribution < -0.4 is 17.1 Å². The van der Waals surface area contributed by atoms with Crippen LogP contribution in [0.1, 0.15) is 54.2 Å². The highest BCUT2D eigenvalue weighted by Gasteiger charge is 2.13. The van der Waals surface area contributed by atoms with Crippen molar-refractivity contribution < 1.29 is 0 Å². The van der Waals surface area contributed by atoms with E-state index in [4.69, 9.17) is 0 Å². The van der Waals surface area contributed by atoms with Gasteiger partial charge in [-0.3, -0.25) is 13.7 Å². The molecular formula is C33H42N6O3. The number of hydrogen-bond donors (Lipinski definition) is 3. The minimum Gasteiger partial charge on any atom is -0.306 e. The molecule has 3 aromatic heterocycles. The smallest absolute Gasteiger partial charge is 0.306 e. The Labute approximate surface area is 244 Å². The monoisotopic (exact) mass is 570 g/mol. The lowest BCUT2D eigenvalue weighted by molar-refractivity contribution is 0.670. The van der Waals surface area contributed by atoms with E-state index in [1.54, 1.807) is 4.57 Å². The largest absolute Gasteiger partial charge is 0.329 e. The normalized spacial score (nSPS) is 11.1. The second-order valence-corrected chi connectivity index (χ2v) is 10.7. The number of imidazole rings is 3. The second-order valence-electron chi connectivity index (χ2n) is 10.7. The van der Waals surface area contributed by atoms with E-state index < -0.39 is 0 Å². The molecule has 3 N–H and O–H groups in total. The molecule has 3 aromatic carbocycles. The topological polar surface area (TPSA) is 113 Å². The Bertz CT molecular complexity index is 2080. The first-order valence-corrected chi connectivity index (χ1v) is 14.5. The fourth-order valence-corrected chi connectivity index (χ4v) is 5.42. The first-order chi connectivity index (χ1) is 19.9. The molecule has 0 aliphatic carbocycles. The molecule has 0 unspecified atom stereocenters. The second kappa shape index (κ2) is 12.1. The van der Waals surface area contributed by atoms with Crippen molar-refractivity contribution in [1.82, 2.24) is 28.7 Å². The SMILES string of the molecule is CCn1c(=O)[nH]c2c(C)c(C)ccc21.CCn1c(=O)n(CC)c2c(C)c(C)ccc21.Cc1ccc2[nH]c(=O)[nH]c2c1C. The Morgan fingerprint density at radius 3 is 1.67 bits per heavy atom. The molecule has 0 spiro atoms. The molecule has 0 atom stereocenters. The van der Waals surface area contributed by atoms with E-state index in [0.717, 1.165) is 57.3 Å². The van der Waals surface area contributed by atoms with Crippen molar-refractivity contribution in [3.63, 3.8) is 0 Å². The summed E-state index contributed by atoms with van der Waals surface area (Å²) in [5, 5.41) is 0. The van der Waals surface area contributed by atoms with Gasteiger partial charge in [0.05, 0.1) is 33.1 Å². The standard InChI is InChI=1S/C13H18N2O.C11H14N2O.C9H10N2O/c1-5-14-11-8-7-9(3)10(4)12(11)15(6-2)13(14)16;1-4-13-9-6-5-7(2)8(3)10(9)12-11(13)14;1-5-3-4-7-8(6(5)2)11-9(12)10-7/h7-8H,5-6H2,1-4H3;5-6H,4H2,1-3H3,(H,12,14);3-4H,1-2H3,(H2,10,11,12). The molecule has 0 saturated heterocycles. The lowest BCUT2D eigenvalue weighted by atomic mass is 10.1. The minimum atomic E-state index is -0.140. The van der Waals surface area contributed by atoms with Gasteiger partial charge in [0.1, 0.15) is 0 Å². The van der Waals surface area contributed by atoms with Crippen molar-refractivity contribution in [3.05, 3.63) is 101 Å². The Morgan fingerprint density at radius 2 is 1.07 bits per heavy atom. The third-order valence-corrected chi connectivity index (χ3v) is 8.36. The summed E-state index contributed by atoms with van der Waals surface area (Å²) < 4.78 is 5.45. The van der Waals surface area contributed by atoms with Gasteiger partial charge < -0.3 is 15.0 Å². The van der Waals surface area contributed by atoms with Crippen LogP contribution in [0.25, 0.3) is 33.1 Å². The average molecular weight is 571 g/mol. The molecule has 222 valence electrons. The summed E-state index contributed by atoms with van der Waals surface area (Å²) >= 11 is 0. The van der Waals surface area contributed by atoms with Gasteiger partial charge in [-0.15, -0.1) is 0 Å². The third-order valence-electron chi connectivity index (χ3n) is 8.36. The third kappa shape index (κ3) is 5.38. The number of hydrogen-bond acceptors (Lipinski definition) is 3. The van der Waals surface area contributed by atoms with Crippen LogP contribution in [0.2, 0.25) is 0 Å². The van der Waals surface area contributed by atoms with Gasteiger partial charge in [0.25, 0.3) is 0 Å². The summed E-state index contributed by atoms with van der Waals surface area (Å²) in [5.74, 6) is 0. The quantitative estimate of drug-likeness (QED) is 0.246. The van der Waals surface area contributed by atoms with Crippen molar-refractivity contribution >= 4 is 33.1 Å². The van der Waals surface area contributed by atoms with Gasteiger partial charge >= 0.3 is 17.1 Å². The number of H-pyrrole nitrogens is 3. The average Bonchev–Trinajstić information content (AvgIpc) is 3.61. The van der Waals surface area contributed by atoms with Crippen LogP contribution in [0.3, 0.4) is 0 Å². The molecule has 0 fully saturated rings. The van der Waals surface area contributed by atoms with Crippen LogP contribution in [0.5, 0.6) is 0 Å². The summed E-state index contributed by atoms with van der Waals surface area (Å²) in [6.07, 6.45) is 0. The van der Waals surface area contributed by atoms with E-state index >= 15 is 0 Å². The molecule has 9 heteroatoms. The predicted molar refractivity (Wildman–Crippen MR) is 173 cm³/mol. The molecule has 0 saturated carbocycles. The highest BCUT2D eigenvalue weighted by atomic mass is 16.2. The number of aromatic amines is 3. The van der Waals surface area contributed by atoms with Gasteiger partial charge in [-0.05, 0) is 114 Å². The summed E-state index contributed by atoms with van der Waals surface area (Å²) in [6.45, 7) is 20.5. The van der Waals surface area contributed by atoms with Gasteiger partial charge in [0.15, 0.2) is 0 Å². The van der Waals surface area contributed by atoms with Crippen LogP contribution in [-0.2, 0) is 19.6 Å². The van der Waals surface area contributed by atoms with E-state index in [1.165, 1.54) is 22.3 Å². The van der Waals surface area contributed by atoms with Crippen molar-refractivity contribution in [2.24, 2.45) is 0 Å². The maximum Gasteiger partial charge on any atom is 0.329 e. The first kappa shape index (κ1) is 30.4. The zero-order valence-corrected chi connectivity index (χ0v) is 26.2. The number of aromatic nitrogens is 6. The molecule has 0 aliphatic rings. The van der Waals surface area contributed by atoms with E-state index in [-0.39, 0.29) is 17.1 Å². The highest BCUT2D eigenvalue weighted by Crippen LogP contribution is 2.21. The Balaban J connectivity index is 0.000000146. The molecule has 0 aliphatic heterocycles. The molecule has 42 heavy (non-hydrogen) atoms. The fraction of sp³-hybridized carbons (Fsp3) is 0.364. The molecule has 0 radical (unpaired) electrons. The molecular weight excluding hydrogens is 528 g/mol. The van der Waals surface area contributed by atoms with Gasteiger partial charge in [-0.25, -0.2) is 14.4 Å². The maximum atomic E-state index is 12.1. The van der Waals surface area contributed by atoms with E-state index in [9.17, 15) is 14.4 Å². The summed E-state index contributed by atoms with van der Waals surface area (Å²) in [5.41, 5.74) is 13.0. The number of nitrogens with zero attached hydrogens (tertiary/aromatic N) is 3. The Kier molecular flexibility index (Phi) is 8.80.